The van der Waals surface area contributed by atoms with E-state index in [9.17, 15) is 4.79 Å². The molecular formula is C9H11N5O2. The van der Waals surface area contributed by atoms with Gasteiger partial charge in [0.05, 0.1) is 24.0 Å². The van der Waals surface area contributed by atoms with E-state index in [0.717, 1.165) is 0 Å². The fourth-order valence-electron chi connectivity index (χ4n) is 1.00. The van der Waals surface area contributed by atoms with Crippen LogP contribution in [0.15, 0.2) is 12.3 Å². The molecular weight excluding hydrogens is 210 g/mol. The van der Waals surface area contributed by atoms with Crippen LogP contribution in [-0.2, 0) is 4.79 Å². The number of aliphatic hydroxyl groups is 1. The first-order chi connectivity index (χ1) is 7.54. The summed E-state index contributed by atoms with van der Waals surface area (Å²) in [5.74, 6) is -0.599. The molecule has 0 saturated carbocycles. The number of carbonyl (C=O) groups is 1. The van der Waals surface area contributed by atoms with Crippen LogP contribution in [0.1, 0.15) is 5.56 Å². The lowest BCUT2D eigenvalue weighted by Gasteiger charge is -2.10. The van der Waals surface area contributed by atoms with Crippen molar-refractivity contribution in [2.24, 2.45) is 5.73 Å². The van der Waals surface area contributed by atoms with Gasteiger partial charge in [-0.1, -0.05) is 0 Å². The van der Waals surface area contributed by atoms with Gasteiger partial charge in [-0.05, 0) is 6.07 Å². The second-order valence-corrected chi connectivity index (χ2v) is 3.08. The lowest BCUT2D eigenvalue weighted by molar-refractivity contribution is -0.125. The highest BCUT2D eigenvalue weighted by Crippen LogP contribution is 2.13. The molecule has 0 aliphatic carbocycles. The molecule has 0 aliphatic rings. The van der Waals surface area contributed by atoms with Gasteiger partial charge in [-0.25, -0.2) is 4.98 Å². The van der Waals surface area contributed by atoms with Crippen LogP contribution >= 0.6 is 0 Å². The second kappa shape index (κ2) is 4.95. The first kappa shape index (κ1) is 11.7. The van der Waals surface area contributed by atoms with E-state index in [-0.39, 0.29) is 17.9 Å². The standard InChI is InChI=1S/C9H11N5O2/c10-2-5-1-6(11)3-13-9(5)14-4-7(15)8(12)16/h1,3,7,15H,4,11H2,(H2,12,16)(H,13,14). The number of hydrogen-bond donors (Lipinski definition) is 4. The van der Waals surface area contributed by atoms with Crippen molar-refractivity contribution in [3.8, 4) is 6.07 Å². The molecule has 1 aromatic heterocycles. The van der Waals surface area contributed by atoms with E-state index in [1.807, 2.05) is 6.07 Å². The predicted octanol–water partition coefficient (Wildman–Crippen LogP) is -1.21. The van der Waals surface area contributed by atoms with E-state index in [2.05, 4.69) is 10.3 Å². The first-order valence-corrected chi connectivity index (χ1v) is 4.41. The average molecular weight is 221 g/mol. The highest BCUT2D eigenvalue weighted by atomic mass is 16.3. The van der Waals surface area contributed by atoms with E-state index >= 15 is 0 Å². The third-order valence-electron chi connectivity index (χ3n) is 1.82. The lowest BCUT2D eigenvalue weighted by atomic mass is 10.2. The van der Waals surface area contributed by atoms with Crippen molar-refractivity contribution >= 4 is 17.4 Å². The van der Waals surface area contributed by atoms with Crippen LogP contribution < -0.4 is 16.8 Å². The second-order valence-electron chi connectivity index (χ2n) is 3.08. The summed E-state index contributed by atoms with van der Waals surface area (Å²) in [6.07, 6.45) is 0.0331. The summed E-state index contributed by atoms with van der Waals surface area (Å²) >= 11 is 0. The van der Waals surface area contributed by atoms with Gasteiger partial charge in [-0.15, -0.1) is 0 Å². The predicted molar refractivity (Wildman–Crippen MR) is 57.1 cm³/mol. The lowest BCUT2D eigenvalue weighted by Crippen LogP contribution is -2.34. The molecule has 0 saturated heterocycles. The number of carbonyl (C=O) groups excluding carboxylic acids is 1. The number of nitrogens with one attached hydrogen (secondary N) is 1. The topological polar surface area (TPSA) is 138 Å². The van der Waals surface area contributed by atoms with Crippen molar-refractivity contribution in [3.63, 3.8) is 0 Å². The van der Waals surface area contributed by atoms with E-state index in [1.54, 1.807) is 0 Å². The molecule has 0 spiro atoms. The minimum Gasteiger partial charge on any atom is -0.397 e. The zero-order valence-corrected chi connectivity index (χ0v) is 8.34. The van der Waals surface area contributed by atoms with Crippen LogP contribution in [0.25, 0.3) is 0 Å². The maximum Gasteiger partial charge on any atom is 0.248 e. The molecule has 1 amide bonds. The van der Waals surface area contributed by atoms with Gasteiger partial charge in [0.25, 0.3) is 0 Å². The van der Waals surface area contributed by atoms with Crippen LogP contribution in [0, 0.1) is 11.3 Å². The number of rotatable bonds is 4. The Balaban J connectivity index is 2.75. The number of aromatic nitrogens is 1. The molecule has 0 bridgehead atoms. The van der Waals surface area contributed by atoms with E-state index in [0.29, 0.717) is 5.69 Å². The monoisotopic (exact) mass is 221 g/mol. The Morgan fingerprint density at radius 3 is 3.00 bits per heavy atom. The molecule has 1 rings (SSSR count). The molecule has 7 heteroatoms. The van der Waals surface area contributed by atoms with Crippen molar-refractivity contribution in [2.45, 2.75) is 6.10 Å². The van der Waals surface area contributed by atoms with Crippen molar-refractivity contribution in [3.05, 3.63) is 17.8 Å². The van der Waals surface area contributed by atoms with Crippen molar-refractivity contribution in [2.75, 3.05) is 17.6 Å². The quantitative estimate of drug-likeness (QED) is 0.503. The molecule has 7 nitrogen and oxygen atoms in total. The number of aliphatic hydroxyl groups excluding tert-OH is 1. The molecule has 1 atom stereocenters. The Bertz CT molecular complexity index is 440. The Labute approximate surface area is 91.7 Å². The SMILES string of the molecule is N#Cc1cc(N)cnc1NCC(O)C(N)=O. The van der Waals surface area contributed by atoms with Crippen LogP contribution in [0.5, 0.6) is 0 Å². The van der Waals surface area contributed by atoms with Gasteiger partial charge in [0.15, 0.2) is 0 Å². The highest BCUT2D eigenvalue weighted by Gasteiger charge is 2.11. The van der Waals surface area contributed by atoms with Gasteiger partial charge in [0.2, 0.25) is 5.91 Å². The smallest absolute Gasteiger partial charge is 0.248 e. The minimum atomic E-state index is -1.33. The molecule has 0 radical (unpaired) electrons. The van der Waals surface area contributed by atoms with Crippen LogP contribution in [-0.4, -0.2) is 28.6 Å². The summed E-state index contributed by atoms with van der Waals surface area (Å²) in [5, 5.41) is 20.5. The number of nitrogens with zero attached hydrogens (tertiary/aromatic N) is 2. The Hall–Kier alpha value is -2.33. The van der Waals surface area contributed by atoms with E-state index in [1.165, 1.54) is 12.3 Å². The minimum absolute atomic E-state index is 0.110. The zero-order chi connectivity index (χ0) is 12.1. The van der Waals surface area contributed by atoms with Gasteiger partial charge in [0.1, 0.15) is 18.0 Å². The number of pyridine rings is 1. The fourth-order valence-corrected chi connectivity index (χ4v) is 1.00. The summed E-state index contributed by atoms with van der Waals surface area (Å²) in [4.78, 5) is 14.4. The van der Waals surface area contributed by atoms with Gasteiger partial charge in [-0.2, -0.15) is 5.26 Å². The molecule has 0 aliphatic heterocycles. The number of anilines is 2. The molecule has 1 unspecified atom stereocenters. The maximum absolute atomic E-state index is 10.6. The van der Waals surface area contributed by atoms with Gasteiger partial charge in [-0.3, -0.25) is 4.79 Å². The summed E-state index contributed by atoms with van der Waals surface area (Å²) < 4.78 is 0. The van der Waals surface area contributed by atoms with Crippen LogP contribution in [0.4, 0.5) is 11.5 Å². The molecule has 0 fully saturated rings. The van der Waals surface area contributed by atoms with E-state index < -0.39 is 12.0 Å². The third kappa shape index (κ3) is 2.83. The number of nitriles is 1. The van der Waals surface area contributed by atoms with Gasteiger partial charge < -0.3 is 21.9 Å². The van der Waals surface area contributed by atoms with Crippen molar-refractivity contribution in [1.82, 2.24) is 4.98 Å². The fraction of sp³-hybridized carbons (Fsp3) is 0.222. The molecule has 16 heavy (non-hydrogen) atoms. The normalized spacial score (nSPS) is 11.5. The van der Waals surface area contributed by atoms with Gasteiger partial charge >= 0.3 is 0 Å². The van der Waals surface area contributed by atoms with Crippen LogP contribution in [0.3, 0.4) is 0 Å². The zero-order valence-electron chi connectivity index (χ0n) is 8.34. The summed E-state index contributed by atoms with van der Waals surface area (Å²) in [7, 11) is 0. The third-order valence-corrected chi connectivity index (χ3v) is 1.82. The summed E-state index contributed by atoms with van der Waals surface area (Å²) in [6, 6.07) is 3.32. The summed E-state index contributed by atoms with van der Waals surface area (Å²) in [5.41, 5.74) is 10.9. The maximum atomic E-state index is 10.6. The molecule has 0 aromatic carbocycles. The Morgan fingerprint density at radius 1 is 1.75 bits per heavy atom. The highest BCUT2D eigenvalue weighted by molar-refractivity contribution is 5.79. The van der Waals surface area contributed by atoms with Crippen LogP contribution in [0.2, 0.25) is 0 Å². The summed E-state index contributed by atoms with van der Waals surface area (Å²) in [6.45, 7) is -0.110. The van der Waals surface area contributed by atoms with Crippen molar-refractivity contribution in [1.29, 1.82) is 5.26 Å². The number of nitrogen functional groups attached to an aromatic ring is 1. The van der Waals surface area contributed by atoms with Crippen molar-refractivity contribution < 1.29 is 9.90 Å². The number of amides is 1. The average Bonchev–Trinajstić information content (AvgIpc) is 2.26. The Kier molecular flexibility index (Phi) is 3.63. The van der Waals surface area contributed by atoms with Gasteiger partial charge in [0, 0.05) is 0 Å². The van der Waals surface area contributed by atoms with E-state index in [4.69, 9.17) is 21.8 Å². The molecule has 6 N–H and O–H groups in total. The first-order valence-electron chi connectivity index (χ1n) is 4.41. The molecule has 1 aromatic rings. The molecule has 84 valence electrons. The largest absolute Gasteiger partial charge is 0.397 e. The number of hydrogen-bond acceptors (Lipinski definition) is 6. The number of primary amides is 1. The molecule has 1 heterocycles. The Morgan fingerprint density at radius 2 is 2.44 bits per heavy atom. The number of nitrogens with two attached hydrogens (primary N) is 2.